The van der Waals surface area contributed by atoms with Gasteiger partial charge in [0.2, 0.25) is 5.91 Å². The molecule has 0 saturated carbocycles. The summed E-state index contributed by atoms with van der Waals surface area (Å²) in [5.74, 6) is -1.80. The molecule has 8 heteroatoms. The van der Waals surface area contributed by atoms with Gasteiger partial charge in [0.25, 0.3) is 5.69 Å². The molecule has 0 heterocycles. The molecule has 0 aliphatic carbocycles. The first-order valence-corrected chi connectivity index (χ1v) is 6.19. The van der Waals surface area contributed by atoms with E-state index in [-0.39, 0.29) is 17.9 Å². The molecule has 0 bridgehead atoms. The molecule has 2 aromatic rings. The number of nitrogens with zero attached hydrogens (tertiary/aromatic N) is 1. The van der Waals surface area contributed by atoms with Gasteiger partial charge in [-0.25, -0.2) is 8.78 Å². The van der Waals surface area contributed by atoms with Crippen LogP contribution in [0.25, 0.3) is 0 Å². The van der Waals surface area contributed by atoms with Crippen LogP contribution in [0.3, 0.4) is 0 Å². The van der Waals surface area contributed by atoms with Crippen molar-refractivity contribution in [1.29, 1.82) is 0 Å². The van der Waals surface area contributed by atoms with E-state index in [1.54, 1.807) is 0 Å². The zero-order valence-corrected chi connectivity index (χ0v) is 11.2. The fraction of sp³-hybridized carbons (Fsp3) is 0.0714. The summed E-state index contributed by atoms with van der Waals surface area (Å²) in [6.45, 7) is -0.280. The SMILES string of the molecule is O=C(CNc1cc(F)ccc1F)Nc1ccc([N+](=O)[O-])cc1. The van der Waals surface area contributed by atoms with Gasteiger partial charge in [0.1, 0.15) is 11.6 Å². The van der Waals surface area contributed by atoms with Gasteiger partial charge >= 0.3 is 0 Å². The molecule has 1 amide bonds. The summed E-state index contributed by atoms with van der Waals surface area (Å²) in [5.41, 5.74) is 0.133. The molecule has 0 saturated heterocycles. The zero-order chi connectivity index (χ0) is 16.1. The number of hydrogen-bond acceptors (Lipinski definition) is 4. The molecule has 0 fully saturated rings. The number of hydrogen-bond donors (Lipinski definition) is 2. The Bertz CT molecular complexity index is 705. The minimum Gasteiger partial charge on any atom is -0.374 e. The summed E-state index contributed by atoms with van der Waals surface area (Å²) >= 11 is 0. The van der Waals surface area contributed by atoms with Gasteiger partial charge in [-0.3, -0.25) is 14.9 Å². The third kappa shape index (κ3) is 3.98. The number of anilines is 2. The summed E-state index contributed by atoms with van der Waals surface area (Å²) in [7, 11) is 0. The average molecular weight is 307 g/mol. The normalized spacial score (nSPS) is 10.1. The van der Waals surface area contributed by atoms with Gasteiger partial charge in [-0.15, -0.1) is 0 Å². The second-order valence-corrected chi connectivity index (χ2v) is 4.33. The number of non-ortho nitro benzene ring substituents is 1. The number of nitrogens with one attached hydrogen (secondary N) is 2. The number of benzene rings is 2. The Hall–Kier alpha value is -3.03. The van der Waals surface area contributed by atoms with Crippen LogP contribution in [0.15, 0.2) is 42.5 Å². The molecule has 2 aromatic carbocycles. The van der Waals surface area contributed by atoms with E-state index in [1.165, 1.54) is 24.3 Å². The number of nitro benzene ring substituents is 1. The Labute approximate surface area is 123 Å². The van der Waals surface area contributed by atoms with E-state index in [0.717, 1.165) is 18.2 Å². The van der Waals surface area contributed by atoms with Gasteiger partial charge in [-0.2, -0.15) is 0 Å². The van der Waals surface area contributed by atoms with E-state index >= 15 is 0 Å². The molecule has 0 aliphatic heterocycles. The summed E-state index contributed by atoms with van der Waals surface area (Å²) in [5, 5.41) is 15.4. The van der Waals surface area contributed by atoms with Crippen molar-refractivity contribution in [2.45, 2.75) is 0 Å². The van der Waals surface area contributed by atoms with Gasteiger partial charge < -0.3 is 10.6 Å². The Morgan fingerprint density at radius 3 is 2.45 bits per heavy atom. The molecule has 0 unspecified atom stereocenters. The monoisotopic (exact) mass is 307 g/mol. The Kier molecular flexibility index (Phi) is 4.62. The fourth-order valence-corrected chi connectivity index (χ4v) is 1.68. The molecule has 22 heavy (non-hydrogen) atoms. The predicted molar refractivity (Wildman–Crippen MR) is 76.6 cm³/mol. The number of carbonyl (C=O) groups excluding carboxylic acids is 1. The van der Waals surface area contributed by atoms with E-state index in [4.69, 9.17) is 0 Å². The van der Waals surface area contributed by atoms with Crippen molar-refractivity contribution in [1.82, 2.24) is 0 Å². The van der Waals surface area contributed by atoms with Crippen LogP contribution in [0.1, 0.15) is 0 Å². The summed E-state index contributed by atoms with van der Waals surface area (Å²) in [6, 6.07) is 8.10. The lowest BCUT2D eigenvalue weighted by atomic mass is 10.2. The molecule has 0 radical (unpaired) electrons. The predicted octanol–water partition coefficient (Wildman–Crippen LogP) is 2.92. The van der Waals surface area contributed by atoms with Crippen molar-refractivity contribution >= 4 is 23.0 Å². The minimum atomic E-state index is -0.676. The molecule has 0 aliphatic rings. The molecule has 114 valence electrons. The van der Waals surface area contributed by atoms with E-state index in [9.17, 15) is 23.7 Å². The second kappa shape index (κ2) is 6.61. The molecular formula is C14H11F2N3O3. The Morgan fingerprint density at radius 2 is 1.82 bits per heavy atom. The molecule has 0 spiro atoms. The topological polar surface area (TPSA) is 84.3 Å². The maximum Gasteiger partial charge on any atom is 0.269 e. The number of amides is 1. The van der Waals surface area contributed by atoms with Crippen LogP contribution in [-0.2, 0) is 4.79 Å². The van der Waals surface area contributed by atoms with Crippen LogP contribution >= 0.6 is 0 Å². The molecule has 2 rings (SSSR count). The highest BCUT2D eigenvalue weighted by atomic mass is 19.1. The highest BCUT2D eigenvalue weighted by Crippen LogP contribution is 2.16. The van der Waals surface area contributed by atoms with Crippen LogP contribution in [0, 0.1) is 21.7 Å². The molecule has 6 nitrogen and oxygen atoms in total. The lowest BCUT2D eigenvalue weighted by Gasteiger charge is -2.08. The van der Waals surface area contributed by atoms with E-state index in [1.807, 2.05) is 0 Å². The van der Waals surface area contributed by atoms with Gasteiger partial charge in [0.05, 0.1) is 17.2 Å². The highest BCUT2D eigenvalue weighted by Gasteiger charge is 2.08. The molecule has 0 atom stereocenters. The third-order valence-electron chi connectivity index (χ3n) is 2.73. The van der Waals surface area contributed by atoms with E-state index < -0.39 is 22.5 Å². The van der Waals surface area contributed by atoms with E-state index in [0.29, 0.717) is 5.69 Å². The Morgan fingerprint density at radius 1 is 1.14 bits per heavy atom. The lowest BCUT2D eigenvalue weighted by Crippen LogP contribution is -2.22. The van der Waals surface area contributed by atoms with Crippen molar-refractivity contribution < 1.29 is 18.5 Å². The smallest absolute Gasteiger partial charge is 0.269 e. The lowest BCUT2D eigenvalue weighted by molar-refractivity contribution is -0.384. The number of carbonyl (C=O) groups is 1. The van der Waals surface area contributed by atoms with E-state index in [2.05, 4.69) is 10.6 Å². The molecule has 2 N–H and O–H groups in total. The molecule has 0 aromatic heterocycles. The first kappa shape index (κ1) is 15.4. The average Bonchev–Trinajstić information content (AvgIpc) is 2.49. The van der Waals surface area contributed by atoms with Crippen LogP contribution < -0.4 is 10.6 Å². The first-order valence-electron chi connectivity index (χ1n) is 6.19. The number of nitro groups is 1. The van der Waals surface area contributed by atoms with Crippen molar-refractivity contribution in [3.05, 3.63) is 64.2 Å². The first-order chi connectivity index (χ1) is 10.5. The summed E-state index contributed by atoms with van der Waals surface area (Å²) in [6.07, 6.45) is 0. The number of halogens is 2. The Balaban J connectivity index is 1.92. The van der Waals surface area contributed by atoms with Crippen molar-refractivity contribution in [3.63, 3.8) is 0 Å². The van der Waals surface area contributed by atoms with Crippen molar-refractivity contribution in [2.24, 2.45) is 0 Å². The maximum atomic E-state index is 13.3. The number of rotatable bonds is 5. The second-order valence-electron chi connectivity index (χ2n) is 4.33. The van der Waals surface area contributed by atoms with Gasteiger partial charge in [0, 0.05) is 17.8 Å². The maximum absolute atomic E-state index is 13.3. The van der Waals surface area contributed by atoms with Crippen molar-refractivity contribution in [3.8, 4) is 0 Å². The van der Waals surface area contributed by atoms with Crippen molar-refractivity contribution in [2.75, 3.05) is 17.2 Å². The highest BCUT2D eigenvalue weighted by molar-refractivity contribution is 5.93. The summed E-state index contributed by atoms with van der Waals surface area (Å²) < 4.78 is 26.3. The van der Waals surface area contributed by atoms with Crippen LogP contribution in [0.2, 0.25) is 0 Å². The third-order valence-corrected chi connectivity index (χ3v) is 2.73. The van der Waals surface area contributed by atoms with Gasteiger partial charge in [-0.05, 0) is 30.3 Å². The standard InChI is InChI=1S/C14H11F2N3O3/c15-9-1-6-12(16)13(7-9)17-8-14(20)18-10-2-4-11(5-3-10)19(21)22/h1-7,17H,8H2,(H,18,20). The van der Waals surface area contributed by atoms with Gasteiger partial charge in [0.15, 0.2) is 0 Å². The minimum absolute atomic E-state index is 0.0991. The fourth-order valence-electron chi connectivity index (χ4n) is 1.68. The largest absolute Gasteiger partial charge is 0.374 e. The van der Waals surface area contributed by atoms with Crippen LogP contribution in [0.5, 0.6) is 0 Å². The van der Waals surface area contributed by atoms with Crippen LogP contribution in [-0.4, -0.2) is 17.4 Å². The summed E-state index contributed by atoms with van der Waals surface area (Å²) in [4.78, 5) is 21.6. The quantitative estimate of drug-likeness (QED) is 0.657. The zero-order valence-electron chi connectivity index (χ0n) is 11.2. The molecular weight excluding hydrogens is 296 g/mol. The van der Waals surface area contributed by atoms with Crippen LogP contribution in [0.4, 0.5) is 25.8 Å². The van der Waals surface area contributed by atoms with Gasteiger partial charge in [-0.1, -0.05) is 0 Å².